The van der Waals surface area contributed by atoms with E-state index in [1.807, 2.05) is 35.2 Å². The molecular formula is C22H21Cl2N3O2. The zero-order valence-electron chi connectivity index (χ0n) is 15.8. The lowest BCUT2D eigenvalue weighted by molar-refractivity contribution is -0.130. The number of para-hydroxylation sites is 1. The van der Waals surface area contributed by atoms with Crippen molar-refractivity contribution in [2.75, 3.05) is 18.4 Å². The Hall–Kier alpha value is -2.50. The van der Waals surface area contributed by atoms with Crippen LogP contribution in [0, 0.1) is 0 Å². The average molecular weight is 430 g/mol. The molecular weight excluding hydrogens is 409 g/mol. The average Bonchev–Trinajstić information content (AvgIpc) is 3.37. The molecule has 7 heteroatoms. The largest absolute Gasteiger partial charge is 0.441 e. The lowest BCUT2D eigenvalue weighted by atomic mass is 10.2. The molecule has 1 saturated heterocycles. The lowest BCUT2D eigenvalue weighted by Crippen LogP contribution is -2.31. The third-order valence-electron chi connectivity index (χ3n) is 4.99. The zero-order chi connectivity index (χ0) is 20.2. The number of nitrogens with zero attached hydrogens (tertiary/aromatic N) is 2. The molecule has 3 aromatic rings. The molecule has 2 heterocycles. The summed E-state index contributed by atoms with van der Waals surface area (Å²) in [5, 5.41) is 4.55. The summed E-state index contributed by atoms with van der Waals surface area (Å²) in [4.78, 5) is 18.8. The molecule has 1 unspecified atom stereocenters. The van der Waals surface area contributed by atoms with Crippen molar-refractivity contribution < 1.29 is 9.21 Å². The maximum atomic E-state index is 12.6. The molecule has 0 saturated carbocycles. The number of aromatic nitrogens is 1. The number of rotatable bonds is 6. The van der Waals surface area contributed by atoms with Crippen LogP contribution in [0.1, 0.15) is 18.7 Å². The van der Waals surface area contributed by atoms with Gasteiger partial charge in [0.05, 0.1) is 11.2 Å². The van der Waals surface area contributed by atoms with E-state index in [1.54, 1.807) is 24.4 Å². The van der Waals surface area contributed by atoms with Crippen LogP contribution in [0.3, 0.4) is 0 Å². The number of hydrogen-bond acceptors (Lipinski definition) is 4. The third kappa shape index (κ3) is 4.92. The minimum atomic E-state index is 0.117. The van der Waals surface area contributed by atoms with Crippen LogP contribution in [-0.4, -0.2) is 34.9 Å². The number of nitrogens with one attached hydrogen (secondary N) is 1. The van der Waals surface area contributed by atoms with Crippen LogP contribution in [0.2, 0.25) is 10.0 Å². The Morgan fingerprint density at radius 3 is 2.83 bits per heavy atom. The molecule has 150 valence electrons. The van der Waals surface area contributed by atoms with Gasteiger partial charge < -0.3 is 14.6 Å². The highest BCUT2D eigenvalue weighted by Gasteiger charge is 2.26. The lowest BCUT2D eigenvalue weighted by Gasteiger charge is -2.17. The minimum Gasteiger partial charge on any atom is -0.441 e. The summed E-state index contributed by atoms with van der Waals surface area (Å²) < 4.78 is 5.78. The van der Waals surface area contributed by atoms with Crippen molar-refractivity contribution in [3.8, 4) is 11.3 Å². The van der Waals surface area contributed by atoms with Crippen molar-refractivity contribution in [2.24, 2.45) is 0 Å². The van der Waals surface area contributed by atoms with Crippen LogP contribution in [0.5, 0.6) is 0 Å². The predicted molar refractivity (Wildman–Crippen MR) is 115 cm³/mol. The van der Waals surface area contributed by atoms with Crippen LogP contribution in [0.4, 0.5) is 5.69 Å². The topological polar surface area (TPSA) is 58.4 Å². The van der Waals surface area contributed by atoms with E-state index >= 15 is 0 Å². The molecule has 1 fully saturated rings. The molecule has 29 heavy (non-hydrogen) atoms. The molecule has 2 aromatic carbocycles. The predicted octanol–water partition coefficient (Wildman–Crippen LogP) is 5.29. The second-order valence-corrected chi connectivity index (χ2v) is 7.92. The summed E-state index contributed by atoms with van der Waals surface area (Å²) in [5.41, 5.74) is 1.82. The number of carbonyl (C=O) groups excluding carboxylic acids is 1. The molecule has 5 nitrogen and oxygen atoms in total. The quantitative estimate of drug-likeness (QED) is 0.577. The van der Waals surface area contributed by atoms with Gasteiger partial charge in [0, 0.05) is 48.2 Å². The second-order valence-electron chi connectivity index (χ2n) is 7.08. The van der Waals surface area contributed by atoms with Gasteiger partial charge in [0.2, 0.25) is 5.91 Å². The highest BCUT2D eigenvalue weighted by Crippen LogP contribution is 2.31. The van der Waals surface area contributed by atoms with Crippen molar-refractivity contribution >= 4 is 34.8 Å². The van der Waals surface area contributed by atoms with Gasteiger partial charge in [0.15, 0.2) is 11.7 Å². The Labute approximate surface area is 179 Å². The van der Waals surface area contributed by atoms with E-state index in [9.17, 15) is 4.79 Å². The molecule has 0 bridgehead atoms. The first kappa shape index (κ1) is 19.8. The van der Waals surface area contributed by atoms with E-state index in [4.69, 9.17) is 27.6 Å². The number of benzene rings is 2. The minimum absolute atomic E-state index is 0.117. The number of carbonyl (C=O) groups is 1. The summed E-state index contributed by atoms with van der Waals surface area (Å²) in [6.07, 6.45) is 3.40. The van der Waals surface area contributed by atoms with Crippen molar-refractivity contribution in [1.82, 2.24) is 9.88 Å². The molecule has 1 N–H and O–H groups in total. The van der Waals surface area contributed by atoms with E-state index in [0.717, 1.165) is 24.2 Å². The molecule has 0 spiro atoms. The van der Waals surface area contributed by atoms with Crippen molar-refractivity contribution in [3.63, 3.8) is 0 Å². The number of oxazole rings is 1. The van der Waals surface area contributed by atoms with Gasteiger partial charge in [-0.05, 0) is 36.8 Å². The van der Waals surface area contributed by atoms with Crippen LogP contribution in [-0.2, 0) is 11.2 Å². The van der Waals surface area contributed by atoms with Crippen LogP contribution < -0.4 is 5.32 Å². The van der Waals surface area contributed by atoms with E-state index in [0.29, 0.717) is 41.1 Å². The molecule has 1 aromatic heterocycles. The zero-order valence-corrected chi connectivity index (χ0v) is 17.3. The first-order valence-electron chi connectivity index (χ1n) is 9.58. The van der Waals surface area contributed by atoms with Gasteiger partial charge in [-0.1, -0.05) is 41.4 Å². The second kappa shape index (κ2) is 8.89. The highest BCUT2D eigenvalue weighted by molar-refractivity contribution is 6.36. The normalized spacial score (nSPS) is 16.2. The SMILES string of the molecule is O=C(CCc1ncc(-c2ccc(Cl)cc2Cl)o1)N1CCC(Nc2ccccc2)C1. The maximum Gasteiger partial charge on any atom is 0.223 e. The van der Waals surface area contributed by atoms with Crippen LogP contribution in [0.25, 0.3) is 11.3 Å². The first-order chi connectivity index (χ1) is 14.1. The Morgan fingerprint density at radius 1 is 1.21 bits per heavy atom. The first-order valence-corrected chi connectivity index (χ1v) is 10.3. The number of amides is 1. The number of halogens is 2. The fraction of sp³-hybridized carbons (Fsp3) is 0.273. The monoisotopic (exact) mass is 429 g/mol. The standard InChI is InChI=1S/C22H21Cl2N3O2/c23-15-6-7-18(19(24)12-15)20-13-25-21(29-20)8-9-22(28)27-11-10-17(14-27)26-16-4-2-1-3-5-16/h1-7,12-13,17,26H,8-11,14H2. The molecule has 1 amide bonds. The smallest absolute Gasteiger partial charge is 0.223 e. The summed E-state index contributed by atoms with van der Waals surface area (Å²) in [5.74, 6) is 1.21. The van der Waals surface area contributed by atoms with E-state index in [1.165, 1.54) is 0 Å². The van der Waals surface area contributed by atoms with Crippen molar-refractivity contribution in [1.29, 1.82) is 0 Å². The summed E-state index contributed by atoms with van der Waals surface area (Å²) in [7, 11) is 0. The van der Waals surface area contributed by atoms with E-state index in [-0.39, 0.29) is 11.9 Å². The summed E-state index contributed by atoms with van der Waals surface area (Å²) in [6.45, 7) is 1.48. The molecule has 1 aliphatic heterocycles. The van der Waals surface area contributed by atoms with Gasteiger partial charge in [-0.2, -0.15) is 0 Å². The van der Waals surface area contributed by atoms with Gasteiger partial charge in [-0.3, -0.25) is 4.79 Å². The number of aryl methyl sites for hydroxylation is 1. The molecule has 1 aliphatic rings. The van der Waals surface area contributed by atoms with Crippen molar-refractivity contribution in [2.45, 2.75) is 25.3 Å². The van der Waals surface area contributed by atoms with Gasteiger partial charge in [0.25, 0.3) is 0 Å². The maximum absolute atomic E-state index is 12.6. The van der Waals surface area contributed by atoms with Crippen molar-refractivity contribution in [3.05, 3.63) is 70.7 Å². The van der Waals surface area contributed by atoms with Crippen LogP contribution >= 0.6 is 23.2 Å². The molecule has 0 radical (unpaired) electrons. The Kier molecular flexibility index (Phi) is 6.07. The Morgan fingerprint density at radius 2 is 2.03 bits per heavy atom. The molecule has 4 rings (SSSR count). The molecule has 0 aliphatic carbocycles. The highest BCUT2D eigenvalue weighted by atomic mass is 35.5. The molecule has 1 atom stereocenters. The number of hydrogen-bond donors (Lipinski definition) is 1. The van der Waals surface area contributed by atoms with E-state index in [2.05, 4.69) is 10.3 Å². The Bertz CT molecular complexity index is 991. The summed E-state index contributed by atoms with van der Waals surface area (Å²) >= 11 is 12.2. The van der Waals surface area contributed by atoms with Gasteiger partial charge in [-0.15, -0.1) is 0 Å². The van der Waals surface area contributed by atoms with Gasteiger partial charge in [0.1, 0.15) is 0 Å². The number of anilines is 1. The fourth-order valence-electron chi connectivity index (χ4n) is 3.49. The van der Waals surface area contributed by atoms with E-state index < -0.39 is 0 Å². The van der Waals surface area contributed by atoms with Gasteiger partial charge >= 0.3 is 0 Å². The van der Waals surface area contributed by atoms with Crippen LogP contribution in [0.15, 0.2) is 59.1 Å². The third-order valence-corrected chi connectivity index (χ3v) is 5.54. The summed E-state index contributed by atoms with van der Waals surface area (Å²) in [6, 6.07) is 15.6. The fourth-order valence-corrected chi connectivity index (χ4v) is 3.99. The number of likely N-dealkylation sites (tertiary alicyclic amines) is 1. The Balaban J connectivity index is 1.29. The van der Waals surface area contributed by atoms with Gasteiger partial charge in [-0.25, -0.2) is 4.98 Å².